The molecule has 2 aliphatic heterocycles. The summed E-state index contributed by atoms with van der Waals surface area (Å²) in [5, 5.41) is 10.3. The summed E-state index contributed by atoms with van der Waals surface area (Å²) in [6.07, 6.45) is -3.36. The van der Waals surface area contributed by atoms with Crippen molar-refractivity contribution in [2.45, 2.75) is 44.0 Å². The summed E-state index contributed by atoms with van der Waals surface area (Å²) >= 11 is 0. The largest absolute Gasteiger partial charge is 0.431 e. The second-order valence-electron chi connectivity index (χ2n) is 7.29. The molecule has 1 fully saturated rings. The van der Waals surface area contributed by atoms with Gasteiger partial charge in [0.05, 0.1) is 17.3 Å². The number of hydrogen-bond donors (Lipinski definition) is 2. The van der Waals surface area contributed by atoms with Crippen LogP contribution in [0.3, 0.4) is 0 Å². The molecule has 1 amide bonds. The molecular formula is C18H18F3N5O2. The standard InChI is InChI=1S/C18H18F3N5O2/c19-18(20,21)15-13-11(5-7-23-16(13)24-17(27)28-15)14-10-2-1-3-12(10)26(25-14)9-4-6-22-8-9/h5,7,9,15,22H,1-4,6,8H2,(H,23,24,27)/t9-,15+/m0/s1. The molecule has 1 aliphatic carbocycles. The van der Waals surface area contributed by atoms with E-state index in [4.69, 9.17) is 5.10 Å². The van der Waals surface area contributed by atoms with Gasteiger partial charge in [-0.25, -0.2) is 9.78 Å². The van der Waals surface area contributed by atoms with Gasteiger partial charge in [-0.2, -0.15) is 18.3 Å². The molecule has 3 aliphatic rings. The van der Waals surface area contributed by atoms with Gasteiger partial charge in [0, 0.05) is 29.6 Å². The Kier molecular flexibility index (Phi) is 3.87. The lowest BCUT2D eigenvalue weighted by Gasteiger charge is -2.28. The van der Waals surface area contributed by atoms with E-state index in [2.05, 4.69) is 20.4 Å². The van der Waals surface area contributed by atoms with E-state index in [-0.39, 0.29) is 17.4 Å². The fourth-order valence-electron chi connectivity index (χ4n) is 4.40. The van der Waals surface area contributed by atoms with E-state index in [1.54, 1.807) is 0 Å². The Bertz CT molecular complexity index is 949. The smallest absolute Gasteiger partial charge is 0.430 e. The number of cyclic esters (lactones) is 1. The number of amides is 1. The molecule has 10 heteroatoms. The average molecular weight is 393 g/mol. The van der Waals surface area contributed by atoms with Gasteiger partial charge in [0.15, 0.2) is 0 Å². The lowest BCUT2D eigenvalue weighted by Crippen LogP contribution is -2.34. The molecule has 2 aromatic rings. The van der Waals surface area contributed by atoms with Crippen molar-refractivity contribution in [3.63, 3.8) is 0 Å². The zero-order chi connectivity index (χ0) is 19.5. The predicted molar refractivity (Wildman–Crippen MR) is 92.9 cm³/mol. The van der Waals surface area contributed by atoms with Crippen molar-refractivity contribution < 1.29 is 22.7 Å². The van der Waals surface area contributed by atoms with Gasteiger partial charge in [-0.3, -0.25) is 10.00 Å². The molecule has 1 saturated heterocycles. The number of carbonyl (C=O) groups excluding carboxylic acids is 1. The van der Waals surface area contributed by atoms with Gasteiger partial charge >= 0.3 is 12.3 Å². The van der Waals surface area contributed by atoms with Gasteiger partial charge in [0.2, 0.25) is 6.10 Å². The number of rotatable bonds is 2. The molecule has 0 aromatic carbocycles. The van der Waals surface area contributed by atoms with Crippen molar-refractivity contribution in [1.29, 1.82) is 0 Å². The number of anilines is 1. The highest BCUT2D eigenvalue weighted by Gasteiger charge is 2.49. The Balaban J connectivity index is 1.69. The maximum atomic E-state index is 13.6. The SMILES string of the molecule is O=C1Nc2nccc(-c3nn([C@H]4CCNC4)c4c3CCC4)c2[C@H](C(F)(F)F)O1. The molecule has 5 rings (SSSR count). The van der Waals surface area contributed by atoms with E-state index >= 15 is 0 Å². The van der Waals surface area contributed by atoms with Gasteiger partial charge in [-0.05, 0) is 38.3 Å². The number of pyridine rings is 1. The second kappa shape index (κ2) is 6.20. The van der Waals surface area contributed by atoms with Crippen LogP contribution in [0.1, 0.15) is 41.8 Å². The highest BCUT2D eigenvalue weighted by Crippen LogP contribution is 2.46. The van der Waals surface area contributed by atoms with Crippen LogP contribution in [-0.4, -0.2) is 40.1 Å². The monoisotopic (exact) mass is 393 g/mol. The summed E-state index contributed by atoms with van der Waals surface area (Å²) in [4.78, 5) is 15.5. The van der Waals surface area contributed by atoms with Crippen LogP contribution in [0.15, 0.2) is 12.3 Å². The third kappa shape index (κ3) is 2.66. The molecule has 0 radical (unpaired) electrons. The molecule has 2 N–H and O–H groups in total. The Morgan fingerprint density at radius 2 is 2.14 bits per heavy atom. The Labute approximate surface area is 158 Å². The number of aromatic nitrogens is 3. The maximum absolute atomic E-state index is 13.6. The third-order valence-electron chi connectivity index (χ3n) is 5.59. The minimum Gasteiger partial charge on any atom is -0.431 e. The van der Waals surface area contributed by atoms with Crippen LogP contribution in [0.5, 0.6) is 0 Å². The number of carbonyl (C=O) groups is 1. The summed E-state index contributed by atoms with van der Waals surface area (Å²) in [6.45, 7) is 1.70. The fourth-order valence-corrected chi connectivity index (χ4v) is 4.40. The average Bonchev–Trinajstić information content (AvgIpc) is 3.37. The van der Waals surface area contributed by atoms with Gasteiger partial charge < -0.3 is 10.1 Å². The molecule has 7 nitrogen and oxygen atoms in total. The first-order valence-corrected chi connectivity index (χ1v) is 9.28. The molecule has 2 aromatic heterocycles. The summed E-state index contributed by atoms with van der Waals surface area (Å²) in [5.74, 6) is -0.125. The van der Waals surface area contributed by atoms with Gasteiger partial charge in [-0.1, -0.05) is 0 Å². The quantitative estimate of drug-likeness (QED) is 0.819. The number of fused-ring (bicyclic) bond motifs is 2. The molecule has 4 heterocycles. The number of hydrogen-bond acceptors (Lipinski definition) is 5. The highest BCUT2D eigenvalue weighted by molar-refractivity contribution is 5.89. The lowest BCUT2D eigenvalue weighted by atomic mass is 9.97. The van der Waals surface area contributed by atoms with Crippen LogP contribution >= 0.6 is 0 Å². The second-order valence-corrected chi connectivity index (χ2v) is 7.29. The van der Waals surface area contributed by atoms with Crippen molar-refractivity contribution in [1.82, 2.24) is 20.1 Å². The Morgan fingerprint density at radius 1 is 1.29 bits per heavy atom. The summed E-state index contributed by atoms with van der Waals surface area (Å²) in [6, 6.07) is 1.73. The highest BCUT2D eigenvalue weighted by atomic mass is 19.4. The van der Waals surface area contributed by atoms with Gasteiger partial charge in [0.1, 0.15) is 5.82 Å². The first kappa shape index (κ1) is 17.5. The fraction of sp³-hybridized carbons (Fsp3) is 0.500. The Hall–Kier alpha value is -2.62. The normalized spacial score (nSPS) is 23.9. The predicted octanol–water partition coefficient (Wildman–Crippen LogP) is 3.13. The maximum Gasteiger partial charge on any atom is 0.430 e. The summed E-state index contributed by atoms with van der Waals surface area (Å²) < 4.78 is 47.5. The van der Waals surface area contributed by atoms with Crippen LogP contribution in [0, 0.1) is 0 Å². The van der Waals surface area contributed by atoms with E-state index in [1.165, 1.54) is 12.3 Å². The topological polar surface area (TPSA) is 81.1 Å². The lowest BCUT2D eigenvalue weighted by molar-refractivity contribution is -0.206. The molecule has 0 spiro atoms. The minimum atomic E-state index is -4.74. The number of nitrogens with one attached hydrogen (secondary N) is 2. The molecule has 0 unspecified atom stereocenters. The molecule has 0 saturated carbocycles. The van der Waals surface area contributed by atoms with E-state index in [0.29, 0.717) is 11.3 Å². The number of nitrogens with zero attached hydrogens (tertiary/aromatic N) is 3. The van der Waals surface area contributed by atoms with Crippen molar-refractivity contribution in [3.8, 4) is 11.3 Å². The van der Waals surface area contributed by atoms with Crippen LogP contribution in [-0.2, 0) is 17.6 Å². The zero-order valence-corrected chi connectivity index (χ0v) is 14.8. The van der Waals surface area contributed by atoms with Gasteiger partial charge in [-0.15, -0.1) is 0 Å². The van der Waals surface area contributed by atoms with Crippen LogP contribution in [0.4, 0.5) is 23.8 Å². The van der Waals surface area contributed by atoms with Crippen LogP contribution in [0.2, 0.25) is 0 Å². The zero-order valence-electron chi connectivity index (χ0n) is 14.8. The summed E-state index contributed by atoms with van der Waals surface area (Å²) in [7, 11) is 0. The molecular weight excluding hydrogens is 375 g/mol. The van der Waals surface area contributed by atoms with Crippen LogP contribution in [0.25, 0.3) is 11.3 Å². The third-order valence-corrected chi connectivity index (χ3v) is 5.59. The van der Waals surface area contributed by atoms with Crippen LogP contribution < -0.4 is 10.6 Å². The number of alkyl halides is 3. The van der Waals surface area contributed by atoms with Crippen molar-refractivity contribution in [2.24, 2.45) is 0 Å². The number of ether oxygens (including phenoxy) is 1. The van der Waals surface area contributed by atoms with E-state index in [9.17, 15) is 18.0 Å². The molecule has 0 bridgehead atoms. The number of halogens is 3. The van der Waals surface area contributed by atoms with Crippen molar-refractivity contribution in [3.05, 3.63) is 29.1 Å². The molecule has 148 valence electrons. The molecule has 28 heavy (non-hydrogen) atoms. The Morgan fingerprint density at radius 3 is 2.89 bits per heavy atom. The van der Waals surface area contributed by atoms with Crippen molar-refractivity contribution in [2.75, 3.05) is 18.4 Å². The van der Waals surface area contributed by atoms with E-state index in [0.717, 1.165) is 50.0 Å². The minimum absolute atomic E-state index is 0.125. The molecule has 2 atom stereocenters. The van der Waals surface area contributed by atoms with E-state index in [1.807, 2.05) is 4.68 Å². The van der Waals surface area contributed by atoms with E-state index < -0.39 is 18.4 Å². The van der Waals surface area contributed by atoms with Gasteiger partial charge in [0.25, 0.3) is 0 Å². The summed E-state index contributed by atoms with van der Waals surface area (Å²) in [5.41, 5.74) is 2.75. The first-order valence-electron chi connectivity index (χ1n) is 9.28. The first-order chi connectivity index (χ1) is 13.4. The van der Waals surface area contributed by atoms with Crippen molar-refractivity contribution >= 4 is 11.9 Å².